The third-order valence-electron chi connectivity index (χ3n) is 3.86. The Morgan fingerprint density at radius 3 is 2.52 bits per heavy atom. The van der Waals surface area contributed by atoms with Crippen LogP contribution in [0.3, 0.4) is 0 Å². The molecule has 21 heavy (non-hydrogen) atoms. The van der Waals surface area contributed by atoms with E-state index in [1.54, 1.807) is 0 Å². The van der Waals surface area contributed by atoms with Gasteiger partial charge < -0.3 is 9.47 Å². The molecule has 0 heterocycles. The first-order valence-electron chi connectivity index (χ1n) is 7.13. The van der Waals surface area contributed by atoms with Crippen LogP contribution in [0, 0.1) is 11.3 Å². The summed E-state index contributed by atoms with van der Waals surface area (Å²) >= 11 is 0. The van der Waals surface area contributed by atoms with Crippen LogP contribution in [-0.2, 0) is 14.3 Å². The van der Waals surface area contributed by atoms with E-state index < -0.39 is 5.97 Å². The first-order chi connectivity index (χ1) is 10.2. The number of benzene rings is 1. The van der Waals surface area contributed by atoms with E-state index in [0.29, 0.717) is 11.5 Å². The van der Waals surface area contributed by atoms with Gasteiger partial charge in [0.25, 0.3) is 0 Å². The van der Waals surface area contributed by atoms with Crippen molar-refractivity contribution < 1.29 is 14.3 Å². The molecule has 0 saturated heterocycles. The molecule has 1 saturated carbocycles. The molecule has 1 aliphatic rings. The van der Waals surface area contributed by atoms with Crippen LogP contribution in [-0.4, -0.2) is 18.9 Å². The van der Waals surface area contributed by atoms with Crippen molar-refractivity contribution >= 4 is 5.97 Å². The molecule has 4 heteroatoms. The highest BCUT2D eigenvalue weighted by Crippen LogP contribution is 2.34. The first kappa shape index (κ1) is 15.3. The van der Waals surface area contributed by atoms with E-state index >= 15 is 0 Å². The van der Waals surface area contributed by atoms with Crippen LogP contribution < -0.4 is 0 Å². The zero-order chi connectivity index (χ0) is 15.1. The molecule has 0 aromatic heterocycles. The fourth-order valence-corrected chi connectivity index (χ4v) is 2.64. The fourth-order valence-electron chi connectivity index (χ4n) is 2.64. The van der Waals surface area contributed by atoms with Gasteiger partial charge in [0.05, 0.1) is 17.7 Å². The number of carbonyl (C=O) groups excluding carboxylic acids is 1. The van der Waals surface area contributed by atoms with E-state index in [4.69, 9.17) is 14.7 Å². The Hall–Kier alpha value is -2.12. The number of nitriles is 1. The van der Waals surface area contributed by atoms with Gasteiger partial charge in [0.2, 0.25) is 0 Å². The van der Waals surface area contributed by atoms with Crippen molar-refractivity contribution in [2.75, 3.05) is 6.79 Å². The summed E-state index contributed by atoms with van der Waals surface area (Å²) in [6.45, 7) is 3.33. The lowest BCUT2D eigenvalue weighted by Crippen LogP contribution is -2.22. The molecule has 4 nitrogen and oxygen atoms in total. The molecule has 1 aliphatic carbocycles. The molecule has 1 aromatic carbocycles. The SMILES string of the molecule is C=CC(=O)OCOC1CCC(c2ccc(C#N)cc2)CC1. The van der Waals surface area contributed by atoms with Gasteiger partial charge in [0.1, 0.15) is 0 Å². The highest BCUT2D eigenvalue weighted by atomic mass is 16.7. The van der Waals surface area contributed by atoms with Gasteiger partial charge in [-0.3, -0.25) is 0 Å². The third kappa shape index (κ3) is 4.44. The second-order valence-electron chi connectivity index (χ2n) is 5.16. The lowest BCUT2D eigenvalue weighted by molar-refractivity contribution is -0.156. The quantitative estimate of drug-likeness (QED) is 0.473. The van der Waals surface area contributed by atoms with E-state index in [-0.39, 0.29) is 12.9 Å². The molecule has 2 rings (SSSR count). The number of hydrogen-bond donors (Lipinski definition) is 0. The van der Waals surface area contributed by atoms with Crippen molar-refractivity contribution in [1.29, 1.82) is 5.26 Å². The second-order valence-corrected chi connectivity index (χ2v) is 5.16. The van der Waals surface area contributed by atoms with Crippen molar-refractivity contribution in [3.63, 3.8) is 0 Å². The van der Waals surface area contributed by atoms with E-state index in [1.807, 2.05) is 24.3 Å². The van der Waals surface area contributed by atoms with E-state index in [2.05, 4.69) is 12.6 Å². The number of esters is 1. The lowest BCUT2D eigenvalue weighted by atomic mass is 9.82. The van der Waals surface area contributed by atoms with E-state index in [1.165, 1.54) is 5.56 Å². The summed E-state index contributed by atoms with van der Waals surface area (Å²) in [7, 11) is 0. The van der Waals surface area contributed by atoms with Crippen LogP contribution >= 0.6 is 0 Å². The fraction of sp³-hybridized carbons (Fsp3) is 0.412. The third-order valence-corrected chi connectivity index (χ3v) is 3.86. The maximum Gasteiger partial charge on any atom is 0.332 e. The van der Waals surface area contributed by atoms with Crippen LogP contribution in [0.4, 0.5) is 0 Å². The highest BCUT2D eigenvalue weighted by Gasteiger charge is 2.23. The minimum absolute atomic E-state index is 0.00292. The summed E-state index contributed by atoms with van der Waals surface area (Å²) in [6.07, 6.45) is 5.28. The molecular formula is C17H19NO3. The minimum atomic E-state index is -0.457. The Kier molecular flexibility index (Phi) is 5.53. The average Bonchev–Trinajstić information content (AvgIpc) is 2.55. The van der Waals surface area contributed by atoms with E-state index in [9.17, 15) is 4.79 Å². The molecule has 0 N–H and O–H groups in total. The normalized spacial score (nSPS) is 21.3. The molecule has 0 bridgehead atoms. The number of hydrogen-bond acceptors (Lipinski definition) is 4. The van der Waals surface area contributed by atoms with Crippen LogP contribution in [0.5, 0.6) is 0 Å². The van der Waals surface area contributed by atoms with Crippen LogP contribution in [0.1, 0.15) is 42.7 Å². The van der Waals surface area contributed by atoms with Crippen molar-refractivity contribution in [3.05, 3.63) is 48.0 Å². The maximum atomic E-state index is 10.9. The Morgan fingerprint density at radius 1 is 1.29 bits per heavy atom. The molecule has 110 valence electrons. The van der Waals surface area contributed by atoms with Crippen LogP contribution in [0.15, 0.2) is 36.9 Å². The Balaban J connectivity index is 1.76. The number of ether oxygens (including phenoxy) is 2. The summed E-state index contributed by atoms with van der Waals surface area (Å²) < 4.78 is 10.4. The van der Waals surface area contributed by atoms with Gasteiger partial charge in [-0.15, -0.1) is 0 Å². The highest BCUT2D eigenvalue weighted by molar-refractivity contribution is 5.81. The van der Waals surface area contributed by atoms with Gasteiger partial charge in [0, 0.05) is 6.08 Å². The molecule has 1 aromatic rings. The lowest BCUT2D eigenvalue weighted by Gasteiger charge is -2.28. The van der Waals surface area contributed by atoms with Gasteiger partial charge >= 0.3 is 5.97 Å². The summed E-state index contributed by atoms with van der Waals surface area (Å²) in [6, 6.07) is 9.94. The first-order valence-corrected chi connectivity index (χ1v) is 7.13. The standard InChI is InChI=1S/C17H19NO3/c1-2-17(19)21-12-20-16-9-7-15(8-10-16)14-5-3-13(11-18)4-6-14/h2-6,15-16H,1,7-10,12H2. The minimum Gasteiger partial charge on any atom is -0.435 e. The Morgan fingerprint density at radius 2 is 1.95 bits per heavy atom. The molecule has 0 amide bonds. The van der Waals surface area contributed by atoms with Gasteiger partial charge in [0.15, 0.2) is 6.79 Å². The summed E-state index contributed by atoms with van der Waals surface area (Å²) in [4.78, 5) is 10.9. The van der Waals surface area contributed by atoms with Crippen LogP contribution in [0.25, 0.3) is 0 Å². The van der Waals surface area contributed by atoms with Crippen molar-refractivity contribution in [2.45, 2.75) is 37.7 Å². The summed E-state index contributed by atoms with van der Waals surface area (Å²) in [5, 5.41) is 8.80. The van der Waals surface area contributed by atoms with Gasteiger partial charge in [-0.05, 0) is 49.3 Å². The maximum absolute atomic E-state index is 10.9. The molecule has 0 spiro atoms. The van der Waals surface area contributed by atoms with Gasteiger partial charge in [-0.2, -0.15) is 5.26 Å². The second kappa shape index (κ2) is 7.61. The van der Waals surface area contributed by atoms with Gasteiger partial charge in [-0.1, -0.05) is 18.7 Å². The van der Waals surface area contributed by atoms with E-state index in [0.717, 1.165) is 31.8 Å². The molecule has 0 aliphatic heterocycles. The Labute approximate surface area is 125 Å². The zero-order valence-electron chi connectivity index (χ0n) is 12.0. The molecule has 0 atom stereocenters. The predicted octanol–water partition coefficient (Wildman–Crippen LogP) is 3.29. The Bertz CT molecular complexity index is 522. The molecule has 0 unspecified atom stereocenters. The largest absolute Gasteiger partial charge is 0.435 e. The summed E-state index contributed by atoms with van der Waals surface area (Å²) in [5.74, 6) is 0.0644. The summed E-state index contributed by atoms with van der Waals surface area (Å²) in [5.41, 5.74) is 1.98. The van der Waals surface area contributed by atoms with Crippen molar-refractivity contribution in [2.24, 2.45) is 0 Å². The smallest absolute Gasteiger partial charge is 0.332 e. The monoisotopic (exact) mass is 285 g/mol. The average molecular weight is 285 g/mol. The van der Waals surface area contributed by atoms with Crippen molar-refractivity contribution in [3.8, 4) is 6.07 Å². The number of rotatable bonds is 5. The predicted molar refractivity (Wildman–Crippen MR) is 78.4 cm³/mol. The van der Waals surface area contributed by atoms with Crippen LogP contribution in [0.2, 0.25) is 0 Å². The molecule has 0 radical (unpaired) electrons. The molecular weight excluding hydrogens is 266 g/mol. The van der Waals surface area contributed by atoms with Gasteiger partial charge in [-0.25, -0.2) is 4.79 Å². The topological polar surface area (TPSA) is 59.3 Å². The zero-order valence-corrected chi connectivity index (χ0v) is 12.0. The number of nitrogens with zero attached hydrogens (tertiary/aromatic N) is 1. The number of carbonyl (C=O) groups is 1. The van der Waals surface area contributed by atoms with Crippen molar-refractivity contribution in [1.82, 2.24) is 0 Å². The molecule has 1 fully saturated rings.